The molecule has 0 unspecified atom stereocenters. The van der Waals surface area contributed by atoms with Gasteiger partial charge in [-0.1, -0.05) is 25.5 Å². The van der Waals surface area contributed by atoms with Crippen LogP contribution in [-0.2, 0) is 31.5 Å². The first-order valence-corrected chi connectivity index (χ1v) is 14.8. The zero-order valence-corrected chi connectivity index (χ0v) is 23.9. The molecule has 4 heterocycles. The molecule has 212 valence electrons. The van der Waals surface area contributed by atoms with Crippen LogP contribution in [0.15, 0.2) is 47.9 Å². The number of aryl methyl sites for hydroxylation is 1. The number of nitrogens with zero attached hydrogens (tertiary/aromatic N) is 6. The topological polar surface area (TPSA) is 101 Å². The molecule has 3 aliphatic rings. The van der Waals surface area contributed by atoms with Gasteiger partial charge in [-0.25, -0.2) is 19.3 Å². The Morgan fingerprint density at radius 1 is 1.20 bits per heavy atom. The fraction of sp³-hybridized carbons (Fsp3) is 0.438. The number of fused-ring (bicyclic) bond motifs is 3. The molecule has 0 amide bonds. The number of benzene rings is 1. The van der Waals surface area contributed by atoms with E-state index in [0.29, 0.717) is 47.3 Å². The summed E-state index contributed by atoms with van der Waals surface area (Å²) in [5.41, 5.74) is 6.36. The van der Waals surface area contributed by atoms with Gasteiger partial charge >= 0.3 is 0 Å². The van der Waals surface area contributed by atoms with Crippen molar-refractivity contribution in [2.24, 2.45) is 0 Å². The normalized spacial score (nSPS) is 20.6. The fourth-order valence-corrected chi connectivity index (χ4v) is 6.77. The average molecular weight is 552 g/mol. The second-order valence-corrected chi connectivity index (χ2v) is 11.9. The molecule has 1 aromatic carbocycles. The van der Waals surface area contributed by atoms with Gasteiger partial charge in [0.25, 0.3) is 5.56 Å². The van der Waals surface area contributed by atoms with Crippen LogP contribution < -0.4 is 10.9 Å². The monoisotopic (exact) mass is 551 g/mol. The van der Waals surface area contributed by atoms with Crippen LogP contribution in [0.5, 0.6) is 0 Å². The molecular formula is C32H37N7O2. The molecule has 3 aromatic heterocycles. The lowest BCUT2D eigenvalue weighted by Crippen LogP contribution is -2.28. The third kappa shape index (κ3) is 4.30. The average Bonchev–Trinajstić information content (AvgIpc) is 3.41. The molecule has 0 saturated heterocycles. The van der Waals surface area contributed by atoms with Crippen molar-refractivity contribution in [3.05, 3.63) is 81.4 Å². The highest BCUT2D eigenvalue weighted by Crippen LogP contribution is 2.42. The summed E-state index contributed by atoms with van der Waals surface area (Å²) in [6.07, 6.45) is 10.2. The lowest BCUT2D eigenvalue weighted by atomic mass is 9.76. The summed E-state index contributed by atoms with van der Waals surface area (Å²) in [6.45, 7) is 8.14. The van der Waals surface area contributed by atoms with Gasteiger partial charge in [0.15, 0.2) is 11.5 Å². The Hall–Kier alpha value is -3.82. The highest BCUT2D eigenvalue weighted by molar-refractivity contribution is 5.77. The highest BCUT2D eigenvalue weighted by atomic mass is 16.3. The molecular weight excluding hydrogens is 514 g/mol. The number of pyridine rings is 1. The smallest absolute Gasteiger partial charge is 0.278 e. The van der Waals surface area contributed by atoms with Crippen molar-refractivity contribution in [2.45, 2.75) is 76.5 Å². The van der Waals surface area contributed by atoms with Crippen molar-refractivity contribution < 1.29 is 5.11 Å². The third-order valence-electron chi connectivity index (χ3n) is 9.35. The van der Waals surface area contributed by atoms with E-state index < -0.39 is 5.60 Å². The van der Waals surface area contributed by atoms with Crippen LogP contribution >= 0.6 is 0 Å². The number of allylic oxidation sites excluding steroid dienone is 1. The lowest BCUT2D eigenvalue weighted by Gasteiger charge is -2.33. The van der Waals surface area contributed by atoms with Gasteiger partial charge in [-0.05, 0) is 91.9 Å². The molecule has 4 aromatic rings. The van der Waals surface area contributed by atoms with Crippen molar-refractivity contribution in [3.8, 4) is 5.82 Å². The second kappa shape index (κ2) is 9.92. The summed E-state index contributed by atoms with van der Waals surface area (Å²) in [4.78, 5) is 30.2. The van der Waals surface area contributed by atoms with E-state index in [4.69, 9.17) is 9.97 Å². The zero-order chi connectivity index (χ0) is 28.3. The standard InChI is InChI=1S/C32H37N7O2/c1-4-14-38-30(40)26-18-33-31(34-23-16-22-19-37(3)15-12-24(22)25(17-23)20-7-6-8-20)36-29(26)39(38)27-10-9-21-11-13-32(41,5-2)28(21)35-27/h4,9-10,16-18,20,41H,1,5-8,11-15,19H2,2-3H3,(H,33,34,36)/t32-/m1/s1. The number of nitrogens with one attached hydrogen (secondary N) is 1. The summed E-state index contributed by atoms with van der Waals surface area (Å²) >= 11 is 0. The van der Waals surface area contributed by atoms with E-state index in [1.165, 1.54) is 36.0 Å². The largest absolute Gasteiger partial charge is 0.384 e. The minimum absolute atomic E-state index is 0.205. The lowest BCUT2D eigenvalue weighted by molar-refractivity contribution is 0.0306. The number of likely N-dealkylation sites (N-methyl/N-ethyl adjacent to an activating group) is 1. The van der Waals surface area contributed by atoms with Crippen LogP contribution in [-0.4, -0.2) is 47.9 Å². The maximum Gasteiger partial charge on any atom is 0.278 e. The van der Waals surface area contributed by atoms with Crippen LogP contribution in [0.2, 0.25) is 0 Å². The number of aliphatic hydroxyl groups is 1. The first kappa shape index (κ1) is 26.1. The zero-order valence-electron chi connectivity index (χ0n) is 23.9. The molecule has 1 saturated carbocycles. The number of rotatable bonds is 7. The minimum Gasteiger partial charge on any atom is -0.384 e. The molecule has 0 radical (unpaired) electrons. The van der Waals surface area contributed by atoms with Crippen LogP contribution in [0.3, 0.4) is 0 Å². The maximum absolute atomic E-state index is 13.5. The van der Waals surface area contributed by atoms with Crippen molar-refractivity contribution in [1.29, 1.82) is 0 Å². The summed E-state index contributed by atoms with van der Waals surface area (Å²) in [7, 11) is 2.17. The van der Waals surface area contributed by atoms with Crippen molar-refractivity contribution in [3.63, 3.8) is 0 Å². The van der Waals surface area contributed by atoms with E-state index in [0.717, 1.165) is 37.2 Å². The maximum atomic E-state index is 13.5. The number of aromatic nitrogens is 5. The van der Waals surface area contributed by atoms with Crippen molar-refractivity contribution in [2.75, 3.05) is 18.9 Å². The van der Waals surface area contributed by atoms with Crippen LogP contribution in [0, 0.1) is 0 Å². The van der Waals surface area contributed by atoms with Gasteiger partial charge in [0.1, 0.15) is 11.0 Å². The van der Waals surface area contributed by atoms with Gasteiger partial charge in [-0.15, -0.1) is 6.58 Å². The van der Waals surface area contributed by atoms with E-state index in [9.17, 15) is 9.90 Å². The highest BCUT2D eigenvalue weighted by Gasteiger charge is 2.37. The fourth-order valence-electron chi connectivity index (χ4n) is 6.77. The van der Waals surface area contributed by atoms with E-state index in [1.54, 1.807) is 21.6 Å². The van der Waals surface area contributed by atoms with Gasteiger partial charge in [0, 0.05) is 25.0 Å². The summed E-state index contributed by atoms with van der Waals surface area (Å²) in [6, 6.07) is 8.42. The molecule has 2 aliphatic carbocycles. The van der Waals surface area contributed by atoms with Crippen molar-refractivity contribution in [1.82, 2.24) is 29.2 Å². The Labute approximate surface area is 239 Å². The Bertz CT molecular complexity index is 1730. The van der Waals surface area contributed by atoms with Gasteiger partial charge in [-0.2, -0.15) is 4.98 Å². The van der Waals surface area contributed by atoms with Crippen LogP contribution in [0.1, 0.15) is 72.9 Å². The van der Waals surface area contributed by atoms with E-state index in [-0.39, 0.29) is 12.1 Å². The molecule has 2 N–H and O–H groups in total. The van der Waals surface area contributed by atoms with Gasteiger partial charge in [-0.3, -0.25) is 4.79 Å². The molecule has 0 bridgehead atoms. The predicted molar refractivity (Wildman–Crippen MR) is 160 cm³/mol. The van der Waals surface area contributed by atoms with Gasteiger partial charge in [0.05, 0.1) is 12.2 Å². The van der Waals surface area contributed by atoms with E-state index in [2.05, 4.69) is 41.0 Å². The Kier molecular flexibility index (Phi) is 6.32. The molecule has 9 heteroatoms. The number of hydrogen-bond donors (Lipinski definition) is 2. The Balaban J connectivity index is 1.33. The molecule has 0 spiro atoms. The molecule has 9 nitrogen and oxygen atoms in total. The molecule has 7 rings (SSSR count). The number of hydrogen-bond acceptors (Lipinski definition) is 7. The first-order valence-electron chi connectivity index (χ1n) is 14.8. The predicted octanol–water partition coefficient (Wildman–Crippen LogP) is 4.71. The Morgan fingerprint density at radius 3 is 2.80 bits per heavy atom. The van der Waals surface area contributed by atoms with Crippen LogP contribution in [0.4, 0.5) is 11.6 Å². The molecule has 1 atom stereocenters. The van der Waals surface area contributed by atoms with Gasteiger partial charge in [0.2, 0.25) is 5.95 Å². The summed E-state index contributed by atoms with van der Waals surface area (Å²) < 4.78 is 3.32. The minimum atomic E-state index is -0.960. The SMILES string of the molecule is C=CCn1c(=O)c2cnc(Nc3cc4c(c(C5CCC5)c3)CCN(C)C4)nc2n1-c1ccc2c(n1)[C@@](O)(CC)CC2. The quantitative estimate of drug-likeness (QED) is 0.321. The van der Waals surface area contributed by atoms with Crippen molar-refractivity contribution >= 4 is 22.7 Å². The number of anilines is 2. The third-order valence-corrected chi connectivity index (χ3v) is 9.35. The van der Waals surface area contributed by atoms with Crippen LogP contribution in [0.25, 0.3) is 16.9 Å². The van der Waals surface area contributed by atoms with Gasteiger partial charge < -0.3 is 15.3 Å². The van der Waals surface area contributed by atoms with E-state index >= 15 is 0 Å². The first-order chi connectivity index (χ1) is 19.9. The second-order valence-electron chi connectivity index (χ2n) is 11.9. The summed E-state index contributed by atoms with van der Waals surface area (Å²) in [5.74, 6) is 1.60. The molecule has 41 heavy (non-hydrogen) atoms. The Morgan fingerprint density at radius 2 is 2.05 bits per heavy atom. The van der Waals surface area contributed by atoms with E-state index in [1.807, 2.05) is 19.1 Å². The summed E-state index contributed by atoms with van der Waals surface area (Å²) in [5, 5.41) is 15.1. The molecule has 1 aliphatic heterocycles. The molecule has 1 fully saturated rings.